The zero-order valence-corrected chi connectivity index (χ0v) is 50.1. The highest BCUT2D eigenvalue weighted by atomic mass is 31.2. The van der Waals surface area contributed by atoms with Crippen molar-refractivity contribution < 1.29 is 52.2 Å². The van der Waals surface area contributed by atoms with Gasteiger partial charge in [0.05, 0.1) is 19.8 Å². The summed E-state index contributed by atoms with van der Waals surface area (Å²) in [7, 11) is -4.75. The van der Waals surface area contributed by atoms with Crippen LogP contribution >= 0.6 is 7.82 Å². The van der Waals surface area contributed by atoms with E-state index in [1.807, 2.05) is 0 Å². The van der Waals surface area contributed by atoms with Gasteiger partial charge in [-0.15, -0.1) is 0 Å². The number of ether oxygens (including phenoxy) is 3. The van der Waals surface area contributed by atoms with Gasteiger partial charge in [0, 0.05) is 19.3 Å². The molecule has 0 aliphatic rings. The van der Waals surface area contributed by atoms with Gasteiger partial charge in [-0.2, -0.15) is 0 Å². The highest BCUT2D eigenvalue weighted by molar-refractivity contribution is 7.47. The first-order valence-corrected chi connectivity index (χ1v) is 33.0. The maximum absolute atomic E-state index is 12.9. The summed E-state index contributed by atoms with van der Waals surface area (Å²) in [5.74, 6) is -1.46. The molecule has 2 N–H and O–H groups in total. The summed E-state index contributed by atoms with van der Waals surface area (Å²) in [5, 5.41) is 9.81. The molecule has 12 heteroatoms. The van der Waals surface area contributed by atoms with E-state index in [1.165, 1.54) is 154 Å². The average molecular weight is 1090 g/mol. The molecule has 0 saturated heterocycles. The molecule has 0 rings (SSSR count). The first-order valence-electron chi connectivity index (χ1n) is 31.5. The van der Waals surface area contributed by atoms with E-state index in [4.69, 9.17) is 23.3 Å². The second-order valence-corrected chi connectivity index (χ2v) is 22.7. The summed E-state index contributed by atoms with van der Waals surface area (Å²) in [5.41, 5.74) is 0. The maximum Gasteiger partial charge on any atom is 0.472 e. The van der Waals surface area contributed by atoms with Gasteiger partial charge in [-0.3, -0.25) is 23.4 Å². The Morgan fingerprint density at radius 1 is 0.368 bits per heavy atom. The average Bonchev–Trinajstić information content (AvgIpc) is 3.41. The molecule has 3 atom stereocenters. The predicted octanol–water partition coefficient (Wildman–Crippen LogP) is 18.9. The number of hydrogen-bond acceptors (Lipinski definition) is 10. The van der Waals surface area contributed by atoms with Crippen molar-refractivity contribution in [2.45, 2.75) is 315 Å². The number of phosphoric acid groups is 1. The van der Waals surface area contributed by atoms with Crippen LogP contribution in [-0.2, 0) is 42.2 Å². The summed E-state index contributed by atoms with van der Waals surface area (Å²) < 4.78 is 39.6. The van der Waals surface area contributed by atoms with Crippen molar-refractivity contribution in [1.82, 2.24) is 0 Å². The molecule has 11 nitrogen and oxygen atoms in total. The Hall–Kier alpha value is -2.56. The van der Waals surface area contributed by atoms with Crippen LogP contribution in [0.5, 0.6) is 0 Å². The molecule has 0 aliphatic heterocycles. The summed E-state index contributed by atoms with van der Waals surface area (Å²) in [4.78, 5) is 48.6. The van der Waals surface area contributed by atoms with E-state index in [0.717, 1.165) is 89.9 Å². The lowest BCUT2D eigenvalue weighted by Crippen LogP contribution is -2.30. The Morgan fingerprint density at radius 2 is 0.658 bits per heavy atom. The monoisotopic (exact) mass is 1090 g/mol. The fraction of sp³-hybridized carbons (Fsp3) is 0.828. The van der Waals surface area contributed by atoms with Crippen molar-refractivity contribution in [3.8, 4) is 0 Å². The maximum atomic E-state index is 12.9. The van der Waals surface area contributed by atoms with E-state index in [2.05, 4.69) is 69.4 Å². The minimum Gasteiger partial charge on any atom is -0.462 e. The van der Waals surface area contributed by atoms with Crippen LogP contribution in [0.4, 0.5) is 0 Å². The lowest BCUT2D eigenvalue weighted by Gasteiger charge is -2.21. The Labute approximate surface area is 466 Å². The van der Waals surface area contributed by atoms with Gasteiger partial charge in [-0.05, 0) is 96.3 Å². The molecule has 444 valence electrons. The van der Waals surface area contributed by atoms with Crippen LogP contribution in [-0.4, -0.2) is 66.5 Å². The number of carbonyl (C=O) groups is 3. The van der Waals surface area contributed by atoms with Gasteiger partial charge in [0.1, 0.15) is 12.7 Å². The lowest BCUT2D eigenvalue weighted by molar-refractivity contribution is -0.161. The number of phosphoric ester groups is 1. The van der Waals surface area contributed by atoms with Gasteiger partial charge < -0.3 is 24.2 Å². The van der Waals surface area contributed by atoms with Crippen LogP contribution in [0, 0.1) is 0 Å². The molecule has 0 saturated carbocycles. The van der Waals surface area contributed by atoms with Crippen LogP contribution in [0.25, 0.3) is 0 Å². The molecule has 0 radical (unpaired) electrons. The van der Waals surface area contributed by atoms with Crippen LogP contribution in [0.2, 0.25) is 0 Å². The Morgan fingerprint density at radius 3 is 1.05 bits per heavy atom. The number of aliphatic hydroxyl groups is 1. The molecule has 0 aromatic carbocycles. The first kappa shape index (κ1) is 73.4. The van der Waals surface area contributed by atoms with Gasteiger partial charge in [0.25, 0.3) is 0 Å². The third-order valence-electron chi connectivity index (χ3n) is 13.7. The van der Waals surface area contributed by atoms with E-state index < -0.39 is 57.8 Å². The van der Waals surface area contributed by atoms with Crippen molar-refractivity contribution in [3.05, 3.63) is 48.6 Å². The normalized spacial score (nSPS) is 13.6. The van der Waals surface area contributed by atoms with Crippen molar-refractivity contribution in [1.29, 1.82) is 0 Å². The molecule has 0 spiro atoms. The molecule has 76 heavy (non-hydrogen) atoms. The number of carbonyl (C=O) groups excluding carboxylic acids is 3. The first-order chi connectivity index (χ1) is 37.2. The third-order valence-corrected chi connectivity index (χ3v) is 14.6. The topological polar surface area (TPSA) is 155 Å². The van der Waals surface area contributed by atoms with E-state index in [0.29, 0.717) is 19.3 Å². The van der Waals surface area contributed by atoms with Crippen LogP contribution in [0.15, 0.2) is 48.6 Å². The Kier molecular flexibility index (Phi) is 56.6. The molecular formula is C64H117O11P. The van der Waals surface area contributed by atoms with Crippen molar-refractivity contribution in [2.24, 2.45) is 0 Å². The molecule has 0 aliphatic carbocycles. The number of unbranched alkanes of at least 4 members (excludes halogenated alkanes) is 34. The smallest absolute Gasteiger partial charge is 0.462 e. The highest BCUT2D eigenvalue weighted by Crippen LogP contribution is 2.43. The SMILES string of the molecule is CCCC/C=C\CCCCCCCC(=O)OC(CO)COP(=O)(O)OCC(COC(=O)CCCCCCCCCCC/C=C\C/C=C\CCCCC)OC(=O)CCCCCCCCCCC/C=C\CCCCCCCC. The van der Waals surface area contributed by atoms with E-state index in [9.17, 15) is 28.9 Å². The van der Waals surface area contributed by atoms with E-state index in [1.54, 1.807) is 0 Å². The van der Waals surface area contributed by atoms with Gasteiger partial charge in [-0.1, -0.05) is 236 Å². The molecule has 0 amide bonds. The fourth-order valence-corrected chi connectivity index (χ4v) is 9.62. The highest BCUT2D eigenvalue weighted by Gasteiger charge is 2.28. The van der Waals surface area contributed by atoms with Crippen molar-refractivity contribution in [3.63, 3.8) is 0 Å². The fourth-order valence-electron chi connectivity index (χ4n) is 8.83. The number of rotatable bonds is 59. The molecule has 0 heterocycles. The van der Waals surface area contributed by atoms with Crippen LogP contribution in [0.3, 0.4) is 0 Å². The van der Waals surface area contributed by atoms with Crippen molar-refractivity contribution in [2.75, 3.05) is 26.4 Å². The van der Waals surface area contributed by atoms with Crippen molar-refractivity contribution >= 4 is 25.7 Å². The minimum atomic E-state index is -4.75. The molecule has 0 fully saturated rings. The number of allylic oxidation sites excluding steroid dienone is 8. The number of hydrogen-bond donors (Lipinski definition) is 2. The van der Waals surface area contributed by atoms with Gasteiger partial charge >= 0.3 is 25.7 Å². The quantitative estimate of drug-likeness (QED) is 0.0197. The predicted molar refractivity (Wildman–Crippen MR) is 316 cm³/mol. The third kappa shape index (κ3) is 56.2. The van der Waals surface area contributed by atoms with Crippen LogP contribution in [0.1, 0.15) is 303 Å². The summed E-state index contributed by atoms with van der Waals surface area (Å²) in [6.07, 6.45) is 63.5. The zero-order valence-electron chi connectivity index (χ0n) is 49.2. The van der Waals surface area contributed by atoms with E-state index >= 15 is 0 Å². The lowest BCUT2D eigenvalue weighted by atomic mass is 10.1. The van der Waals surface area contributed by atoms with Gasteiger partial charge in [0.2, 0.25) is 0 Å². The van der Waals surface area contributed by atoms with Gasteiger partial charge in [-0.25, -0.2) is 4.57 Å². The Bertz CT molecular complexity index is 1460. The second kappa shape index (κ2) is 58.6. The molecule has 3 unspecified atom stereocenters. The summed E-state index contributed by atoms with van der Waals surface area (Å²) >= 11 is 0. The molecule has 0 bridgehead atoms. The Balaban J connectivity index is 4.68. The molecule has 0 aromatic heterocycles. The number of esters is 3. The van der Waals surface area contributed by atoms with Gasteiger partial charge in [0.15, 0.2) is 6.10 Å². The standard InChI is InChI=1S/C64H117O11P/c1-4-7-10-13-16-19-22-24-26-28-30-32-34-36-39-41-44-47-50-53-62(66)71-57-61(75-64(68)55-52-49-46-43-40-37-35-33-31-29-27-25-23-20-17-14-11-8-5-2)59-73-76(69,70)72-58-60(56-65)74-63(67)54-51-48-45-42-38-21-18-15-12-9-6-3/h15-16,18-19,24-27,60-61,65H,4-14,17,20-23,28-59H2,1-3H3,(H,69,70)/b18-15-,19-16-,26-24-,27-25-. The molecular weight excluding hydrogens is 976 g/mol. The zero-order chi connectivity index (χ0) is 55.5. The minimum absolute atomic E-state index is 0.166. The summed E-state index contributed by atoms with van der Waals surface area (Å²) in [6.45, 7) is 4.61. The second-order valence-electron chi connectivity index (χ2n) is 21.2. The molecule has 0 aromatic rings. The van der Waals surface area contributed by atoms with Crippen LogP contribution < -0.4 is 0 Å². The van der Waals surface area contributed by atoms with E-state index in [-0.39, 0.29) is 25.9 Å². The number of aliphatic hydroxyl groups excluding tert-OH is 1. The summed E-state index contributed by atoms with van der Waals surface area (Å²) in [6, 6.07) is 0. The largest absolute Gasteiger partial charge is 0.472 e.